The Kier molecular flexibility index (Phi) is 8.20. The minimum Gasteiger partial charge on any atom is -0.497 e. The van der Waals surface area contributed by atoms with Gasteiger partial charge in [0.05, 0.1) is 33.0 Å². The second-order valence-corrected chi connectivity index (χ2v) is 9.16. The van der Waals surface area contributed by atoms with Gasteiger partial charge < -0.3 is 24.3 Å². The highest BCUT2D eigenvalue weighted by molar-refractivity contribution is 6.13. The van der Waals surface area contributed by atoms with Crippen LogP contribution in [0.1, 0.15) is 50.2 Å². The summed E-state index contributed by atoms with van der Waals surface area (Å²) in [7, 11) is 3.14. The number of rotatable bonds is 8. The van der Waals surface area contributed by atoms with Crippen LogP contribution in [-0.4, -0.2) is 45.2 Å². The van der Waals surface area contributed by atoms with Gasteiger partial charge >= 0.3 is 11.9 Å². The van der Waals surface area contributed by atoms with Gasteiger partial charge in [-0.2, -0.15) is 0 Å². The Morgan fingerprint density at radius 1 is 0.921 bits per heavy atom. The molecule has 1 aliphatic carbocycles. The zero-order chi connectivity index (χ0) is 27.4. The molecule has 2 aromatic carbocycles. The van der Waals surface area contributed by atoms with E-state index in [2.05, 4.69) is 5.32 Å². The maximum Gasteiger partial charge on any atom is 0.336 e. The number of esters is 2. The minimum atomic E-state index is -1.08. The number of dihydropyridines is 1. The first-order valence-electron chi connectivity index (χ1n) is 12.7. The summed E-state index contributed by atoms with van der Waals surface area (Å²) in [5.74, 6) is -2.47. The van der Waals surface area contributed by atoms with Crippen molar-refractivity contribution in [2.24, 2.45) is 5.92 Å². The summed E-state index contributed by atoms with van der Waals surface area (Å²) < 4.78 is 21.5. The first-order chi connectivity index (χ1) is 18.3. The average molecular weight is 520 g/mol. The van der Waals surface area contributed by atoms with E-state index in [1.54, 1.807) is 47.1 Å². The molecule has 0 spiro atoms. The van der Waals surface area contributed by atoms with Crippen LogP contribution in [0.3, 0.4) is 0 Å². The highest BCUT2D eigenvalue weighted by Crippen LogP contribution is 2.48. The topological polar surface area (TPSA) is 100 Å². The van der Waals surface area contributed by atoms with Gasteiger partial charge in [-0.3, -0.25) is 9.59 Å². The lowest BCUT2D eigenvalue weighted by atomic mass is 9.67. The third-order valence-corrected chi connectivity index (χ3v) is 7.03. The maximum absolute atomic E-state index is 14.3. The first-order valence-corrected chi connectivity index (χ1v) is 12.7. The molecule has 8 heteroatoms. The number of Topliss-reactive ketones (excluding diaryl/α,β-unsaturated/α-hetero) is 1. The summed E-state index contributed by atoms with van der Waals surface area (Å²) in [4.78, 5) is 40.8. The number of benzene rings is 2. The SMILES string of the molecule is CCOC(=O)C1=C(C)NC2=C(C(=O)[C@H](C(=O)OCC)[C@@H](c3cccc(OC)c3)C2)[C@H]1c1ccc(OC)cc1. The van der Waals surface area contributed by atoms with Gasteiger partial charge in [0.25, 0.3) is 0 Å². The fraction of sp³-hybridized carbons (Fsp3) is 0.367. The molecule has 2 aliphatic rings. The monoisotopic (exact) mass is 519 g/mol. The van der Waals surface area contributed by atoms with Crippen LogP contribution in [0, 0.1) is 5.92 Å². The van der Waals surface area contributed by atoms with Crippen molar-refractivity contribution in [1.29, 1.82) is 0 Å². The number of allylic oxidation sites excluding steroid dienone is 3. The lowest BCUT2D eigenvalue weighted by Crippen LogP contribution is -2.43. The number of carbonyl (C=O) groups excluding carboxylic acids is 3. The Bertz CT molecular complexity index is 1290. The lowest BCUT2D eigenvalue weighted by molar-refractivity contribution is -0.152. The van der Waals surface area contributed by atoms with Crippen molar-refractivity contribution in [3.8, 4) is 11.5 Å². The van der Waals surface area contributed by atoms with Gasteiger partial charge in [-0.25, -0.2) is 4.79 Å². The normalized spacial score (nSPS) is 20.9. The Hall–Kier alpha value is -4.07. The number of ketones is 1. The van der Waals surface area contributed by atoms with Crippen LogP contribution in [-0.2, 0) is 23.9 Å². The molecule has 4 rings (SSSR count). The summed E-state index contributed by atoms with van der Waals surface area (Å²) in [6.07, 6.45) is 0.373. The fourth-order valence-corrected chi connectivity index (χ4v) is 5.33. The number of hydrogen-bond donors (Lipinski definition) is 1. The standard InChI is InChI=1S/C30H33NO7/c1-6-37-29(33)24-17(3)31-23-16-22(19-9-8-10-21(15-19)36-5)26(30(34)38-7-2)28(32)27(23)25(24)18-11-13-20(35-4)14-12-18/h8-15,22,25-26,31H,6-7,16H2,1-5H3/t22-,25+,26-/m1/s1. The van der Waals surface area contributed by atoms with Crippen molar-refractivity contribution < 1.29 is 33.3 Å². The van der Waals surface area contributed by atoms with Crippen LogP contribution in [0.5, 0.6) is 11.5 Å². The van der Waals surface area contributed by atoms with Crippen molar-refractivity contribution in [3.63, 3.8) is 0 Å². The molecular formula is C30H33NO7. The molecule has 1 N–H and O–H groups in total. The summed E-state index contributed by atoms with van der Waals surface area (Å²) in [6.45, 7) is 5.58. The van der Waals surface area contributed by atoms with Crippen molar-refractivity contribution in [2.75, 3.05) is 27.4 Å². The molecule has 3 atom stereocenters. The van der Waals surface area contributed by atoms with Crippen LogP contribution in [0.4, 0.5) is 0 Å². The minimum absolute atomic E-state index is 0.145. The molecule has 1 aliphatic heterocycles. The molecular weight excluding hydrogens is 486 g/mol. The zero-order valence-electron chi connectivity index (χ0n) is 22.3. The molecule has 0 saturated heterocycles. The number of ether oxygens (including phenoxy) is 4. The zero-order valence-corrected chi connectivity index (χ0v) is 22.3. The molecule has 1 heterocycles. The smallest absolute Gasteiger partial charge is 0.336 e. The molecule has 38 heavy (non-hydrogen) atoms. The van der Waals surface area contributed by atoms with Crippen LogP contribution in [0.2, 0.25) is 0 Å². The van der Waals surface area contributed by atoms with Gasteiger partial charge in [-0.15, -0.1) is 0 Å². The largest absolute Gasteiger partial charge is 0.497 e. The van der Waals surface area contributed by atoms with Crippen LogP contribution in [0.25, 0.3) is 0 Å². The second-order valence-electron chi connectivity index (χ2n) is 9.16. The van der Waals surface area contributed by atoms with E-state index >= 15 is 0 Å². The molecule has 0 radical (unpaired) electrons. The average Bonchev–Trinajstić information content (AvgIpc) is 2.92. The lowest BCUT2D eigenvalue weighted by Gasteiger charge is -2.39. The summed E-state index contributed by atoms with van der Waals surface area (Å²) >= 11 is 0. The van der Waals surface area contributed by atoms with Crippen LogP contribution >= 0.6 is 0 Å². The van der Waals surface area contributed by atoms with Crippen molar-refractivity contribution in [1.82, 2.24) is 5.32 Å². The number of hydrogen-bond acceptors (Lipinski definition) is 8. The summed E-state index contributed by atoms with van der Waals surface area (Å²) in [5.41, 5.74) is 3.51. The van der Waals surface area contributed by atoms with Crippen molar-refractivity contribution in [3.05, 3.63) is 82.2 Å². The third-order valence-electron chi connectivity index (χ3n) is 7.03. The van der Waals surface area contributed by atoms with Gasteiger partial charge in [0, 0.05) is 28.8 Å². The number of methoxy groups -OCH3 is 2. The highest BCUT2D eigenvalue weighted by Gasteiger charge is 2.49. The van der Waals surface area contributed by atoms with Gasteiger partial charge in [0.2, 0.25) is 0 Å². The Morgan fingerprint density at radius 2 is 1.61 bits per heavy atom. The van der Waals surface area contributed by atoms with E-state index in [-0.39, 0.29) is 19.0 Å². The van der Waals surface area contributed by atoms with E-state index in [1.807, 2.05) is 36.4 Å². The van der Waals surface area contributed by atoms with E-state index in [4.69, 9.17) is 18.9 Å². The van der Waals surface area contributed by atoms with Gasteiger partial charge in [0.1, 0.15) is 17.4 Å². The molecule has 0 aromatic heterocycles. The molecule has 0 amide bonds. The van der Waals surface area contributed by atoms with Gasteiger partial charge in [-0.05, 0) is 62.6 Å². The summed E-state index contributed by atoms with van der Waals surface area (Å²) in [5, 5.41) is 3.31. The fourth-order valence-electron chi connectivity index (χ4n) is 5.33. The van der Waals surface area contributed by atoms with E-state index in [0.29, 0.717) is 40.5 Å². The van der Waals surface area contributed by atoms with E-state index in [0.717, 1.165) is 11.1 Å². The molecule has 200 valence electrons. The predicted octanol–water partition coefficient (Wildman–Crippen LogP) is 4.42. The van der Waals surface area contributed by atoms with Crippen molar-refractivity contribution in [2.45, 2.75) is 39.0 Å². The predicted molar refractivity (Wildman–Crippen MR) is 141 cm³/mol. The Balaban J connectivity index is 1.89. The first kappa shape index (κ1) is 27.0. The summed E-state index contributed by atoms with van der Waals surface area (Å²) in [6, 6.07) is 14.6. The molecule has 8 nitrogen and oxygen atoms in total. The van der Waals surface area contributed by atoms with Crippen LogP contribution in [0.15, 0.2) is 71.1 Å². The Morgan fingerprint density at radius 3 is 2.24 bits per heavy atom. The molecule has 0 fully saturated rings. The third kappa shape index (κ3) is 5.03. The Labute approximate surface area is 222 Å². The quantitative estimate of drug-likeness (QED) is 0.404. The van der Waals surface area contributed by atoms with E-state index in [9.17, 15) is 14.4 Å². The van der Waals surface area contributed by atoms with Gasteiger partial charge in [0.15, 0.2) is 5.78 Å². The van der Waals surface area contributed by atoms with E-state index in [1.165, 1.54) is 0 Å². The molecule has 0 bridgehead atoms. The highest BCUT2D eigenvalue weighted by atomic mass is 16.5. The van der Waals surface area contributed by atoms with Crippen LogP contribution < -0.4 is 14.8 Å². The van der Waals surface area contributed by atoms with Crippen molar-refractivity contribution >= 4 is 17.7 Å². The van der Waals surface area contributed by atoms with Gasteiger partial charge in [-0.1, -0.05) is 24.3 Å². The maximum atomic E-state index is 14.3. The number of carbonyl (C=O) groups is 3. The van der Waals surface area contributed by atoms with E-state index < -0.39 is 29.7 Å². The molecule has 0 unspecified atom stereocenters. The molecule has 2 aromatic rings. The second kappa shape index (κ2) is 11.5. The molecule has 0 saturated carbocycles. The number of nitrogens with one attached hydrogen (secondary N) is 1.